The van der Waals surface area contributed by atoms with E-state index >= 15 is 0 Å². The van der Waals surface area contributed by atoms with E-state index in [4.69, 9.17) is 15.7 Å². The summed E-state index contributed by atoms with van der Waals surface area (Å²) >= 11 is 0. The van der Waals surface area contributed by atoms with E-state index in [0.29, 0.717) is 22.5 Å². The standard InChI is InChI=1S/C24H17N5/c25-15-18-21-24(28-20-14-8-7-13-19(20)27-21)29(23(18)26)22(16-9-3-1-4-10-16)17-11-5-2-6-12-17/h1-14,22H,26H2. The molecule has 2 aromatic heterocycles. The second-order valence-corrected chi connectivity index (χ2v) is 6.85. The lowest BCUT2D eigenvalue weighted by Crippen LogP contribution is -2.15. The van der Waals surface area contributed by atoms with E-state index in [1.807, 2.05) is 65.2 Å². The van der Waals surface area contributed by atoms with Crippen molar-refractivity contribution in [1.82, 2.24) is 14.5 Å². The second kappa shape index (κ2) is 6.77. The van der Waals surface area contributed by atoms with E-state index in [2.05, 4.69) is 30.3 Å². The van der Waals surface area contributed by atoms with E-state index in [0.717, 1.165) is 22.2 Å². The Hall–Kier alpha value is -4.17. The molecule has 2 heterocycles. The van der Waals surface area contributed by atoms with Gasteiger partial charge in [-0.2, -0.15) is 5.26 Å². The monoisotopic (exact) mass is 375 g/mol. The Labute approximate surface area is 167 Å². The summed E-state index contributed by atoms with van der Waals surface area (Å²) in [5.74, 6) is 0.371. The molecule has 5 heteroatoms. The summed E-state index contributed by atoms with van der Waals surface area (Å²) < 4.78 is 1.93. The predicted octanol–water partition coefficient (Wildman–Crippen LogP) is 4.68. The summed E-state index contributed by atoms with van der Waals surface area (Å²) in [5.41, 5.74) is 11.6. The first-order chi connectivity index (χ1) is 14.3. The van der Waals surface area contributed by atoms with E-state index in [-0.39, 0.29) is 6.04 Å². The van der Waals surface area contributed by atoms with Crippen LogP contribution in [-0.2, 0) is 0 Å². The van der Waals surface area contributed by atoms with E-state index in [1.165, 1.54) is 0 Å². The van der Waals surface area contributed by atoms with Crippen LogP contribution in [0.5, 0.6) is 0 Å². The van der Waals surface area contributed by atoms with Crippen molar-refractivity contribution in [3.05, 3.63) is 102 Å². The quantitative estimate of drug-likeness (QED) is 0.497. The van der Waals surface area contributed by atoms with Gasteiger partial charge in [-0.05, 0) is 23.3 Å². The largest absolute Gasteiger partial charge is 0.384 e. The maximum atomic E-state index is 9.81. The molecule has 3 aromatic carbocycles. The van der Waals surface area contributed by atoms with Gasteiger partial charge in [-0.15, -0.1) is 0 Å². The highest BCUT2D eigenvalue weighted by molar-refractivity contribution is 5.92. The Balaban J connectivity index is 1.89. The number of aromatic nitrogens is 3. The number of anilines is 1. The minimum atomic E-state index is -0.225. The van der Waals surface area contributed by atoms with Crippen molar-refractivity contribution in [1.29, 1.82) is 5.26 Å². The Kier molecular flexibility index (Phi) is 3.96. The van der Waals surface area contributed by atoms with Gasteiger partial charge in [0.25, 0.3) is 0 Å². The fraction of sp³-hybridized carbons (Fsp3) is 0.0417. The highest BCUT2D eigenvalue weighted by atomic mass is 15.1. The van der Waals surface area contributed by atoms with Gasteiger partial charge in [0.05, 0.1) is 17.1 Å². The number of fused-ring (bicyclic) bond motifs is 2. The molecule has 0 aliphatic heterocycles. The van der Waals surface area contributed by atoms with Crippen LogP contribution in [0.1, 0.15) is 22.7 Å². The maximum absolute atomic E-state index is 9.81. The lowest BCUT2D eigenvalue weighted by atomic mass is 9.98. The van der Waals surface area contributed by atoms with Gasteiger partial charge < -0.3 is 5.73 Å². The number of nitrogens with two attached hydrogens (primary N) is 1. The lowest BCUT2D eigenvalue weighted by molar-refractivity contribution is 0.707. The van der Waals surface area contributed by atoms with Crippen LogP contribution >= 0.6 is 0 Å². The third-order valence-electron chi connectivity index (χ3n) is 5.13. The molecule has 5 nitrogen and oxygen atoms in total. The van der Waals surface area contributed by atoms with Crippen molar-refractivity contribution in [3.8, 4) is 6.07 Å². The fourth-order valence-corrected chi connectivity index (χ4v) is 3.82. The van der Waals surface area contributed by atoms with Gasteiger partial charge in [0, 0.05) is 0 Å². The highest BCUT2D eigenvalue weighted by Crippen LogP contribution is 2.36. The molecule has 0 spiro atoms. The molecular weight excluding hydrogens is 358 g/mol. The smallest absolute Gasteiger partial charge is 0.163 e. The molecule has 0 amide bonds. The molecule has 0 atom stereocenters. The number of nitrogen functional groups attached to an aromatic ring is 1. The van der Waals surface area contributed by atoms with Gasteiger partial charge in [0.15, 0.2) is 5.65 Å². The van der Waals surface area contributed by atoms with Crippen molar-refractivity contribution >= 4 is 28.0 Å². The number of nitriles is 1. The van der Waals surface area contributed by atoms with E-state index in [9.17, 15) is 5.26 Å². The summed E-state index contributed by atoms with van der Waals surface area (Å²) in [4.78, 5) is 9.56. The lowest BCUT2D eigenvalue weighted by Gasteiger charge is -2.22. The molecule has 0 aliphatic rings. The molecule has 0 fully saturated rings. The van der Waals surface area contributed by atoms with Crippen molar-refractivity contribution in [2.75, 3.05) is 5.73 Å². The van der Waals surface area contributed by atoms with Crippen LogP contribution in [0.2, 0.25) is 0 Å². The SMILES string of the molecule is N#Cc1c(N)n(C(c2ccccc2)c2ccccc2)c2nc3ccccc3nc12. The second-order valence-electron chi connectivity index (χ2n) is 6.85. The Morgan fingerprint density at radius 1 is 0.759 bits per heavy atom. The minimum Gasteiger partial charge on any atom is -0.384 e. The predicted molar refractivity (Wildman–Crippen MR) is 114 cm³/mol. The zero-order valence-electron chi connectivity index (χ0n) is 15.5. The zero-order valence-corrected chi connectivity index (χ0v) is 15.5. The van der Waals surface area contributed by atoms with Crippen molar-refractivity contribution < 1.29 is 0 Å². The van der Waals surface area contributed by atoms with Crippen molar-refractivity contribution in [3.63, 3.8) is 0 Å². The van der Waals surface area contributed by atoms with Crippen LogP contribution < -0.4 is 5.73 Å². The summed E-state index contributed by atoms with van der Waals surface area (Å²) in [7, 11) is 0. The molecule has 0 radical (unpaired) electrons. The molecule has 5 rings (SSSR count). The number of benzene rings is 3. The first-order valence-corrected chi connectivity index (χ1v) is 9.34. The van der Waals surface area contributed by atoms with Gasteiger partial charge in [-0.3, -0.25) is 4.57 Å². The number of rotatable bonds is 3. The number of para-hydroxylation sites is 2. The fourth-order valence-electron chi connectivity index (χ4n) is 3.82. The molecule has 5 aromatic rings. The highest BCUT2D eigenvalue weighted by Gasteiger charge is 2.26. The molecular formula is C24H17N5. The molecule has 0 aliphatic carbocycles. The average Bonchev–Trinajstić information content (AvgIpc) is 3.04. The normalized spacial score (nSPS) is 11.2. The first kappa shape index (κ1) is 17.0. The van der Waals surface area contributed by atoms with Crippen LogP contribution in [0.4, 0.5) is 5.82 Å². The minimum absolute atomic E-state index is 0.225. The molecule has 0 saturated heterocycles. The summed E-state index contributed by atoms with van der Waals surface area (Å²) in [6, 6.07) is 29.9. The van der Waals surface area contributed by atoms with Crippen LogP contribution in [0.25, 0.3) is 22.2 Å². The number of hydrogen-bond donors (Lipinski definition) is 1. The van der Waals surface area contributed by atoms with Crippen LogP contribution in [0, 0.1) is 11.3 Å². The van der Waals surface area contributed by atoms with Gasteiger partial charge in [-0.25, -0.2) is 9.97 Å². The topological polar surface area (TPSA) is 80.5 Å². The molecule has 0 unspecified atom stereocenters. The third kappa shape index (κ3) is 2.70. The van der Waals surface area contributed by atoms with Crippen molar-refractivity contribution in [2.45, 2.75) is 6.04 Å². The van der Waals surface area contributed by atoms with Gasteiger partial charge in [0.2, 0.25) is 0 Å². The van der Waals surface area contributed by atoms with Crippen LogP contribution in [0.15, 0.2) is 84.9 Å². The molecule has 29 heavy (non-hydrogen) atoms. The maximum Gasteiger partial charge on any atom is 0.163 e. The Morgan fingerprint density at radius 2 is 1.28 bits per heavy atom. The van der Waals surface area contributed by atoms with E-state index in [1.54, 1.807) is 0 Å². The molecule has 138 valence electrons. The van der Waals surface area contributed by atoms with Gasteiger partial charge >= 0.3 is 0 Å². The Morgan fingerprint density at radius 3 is 1.83 bits per heavy atom. The molecule has 2 N–H and O–H groups in total. The molecule has 0 saturated carbocycles. The van der Waals surface area contributed by atoms with Crippen LogP contribution in [0.3, 0.4) is 0 Å². The van der Waals surface area contributed by atoms with E-state index < -0.39 is 0 Å². The number of nitrogens with zero attached hydrogens (tertiary/aromatic N) is 4. The summed E-state index contributed by atoms with van der Waals surface area (Å²) in [6.07, 6.45) is 0. The van der Waals surface area contributed by atoms with Gasteiger partial charge in [-0.1, -0.05) is 72.8 Å². The van der Waals surface area contributed by atoms with Crippen LogP contribution in [-0.4, -0.2) is 14.5 Å². The number of hydrogen-bond acceptors (Lipinski definition) is 4. The zero-order chi connectivity index (χ0) is 19.8. The van der Waals surface area contributed by atoms with Crippen molar-refractivity contribution in [2.24, 2.45) is 0 Å². The average molecular weight is 375 g/mol. The van der Waals surface area contributed by atoms with Gasteiger partial charge in [0.1, 0.15) is 23.0 Å². The summed E-state index contributed by atoms with van der Waals surface area (Å²) in [6.45, 7) is 0. The molecule has 0 bridgehead atoms. The third-order valence-corrected chi connectivity index (χ3v) is 5.13. The Bertz CT molecular complexity index is 1330. The summed E-state index contributed by atoms with van der Waals surface area (Å²) in [5, 5.41) is 9.81. The first-order valence-electron chi connectivity index (χ1n) is 9.34.